The summed E-state index contributed by atoms with van der Waals surface area (Å²) in [5.41, 5.74) is 6.31. The minimum absolute atomic E-state index is 0.406. The zero-order valence-corrected chi connectivity index (χ0v) is 13.4. The first kappa shape index (κ1) is 14.4. The number of nitrogens with two attached hydrogens (primary N) is 1. The zero-order chi connectivity index (χ0) is 14.0. The molecule has 0 unspecified atom stereocenters. The van der Waals surface area contributed by atoms with Crippen LogP contribution in [0.4, 0.5) is 5.82 Å². The Kier molecular flexibility index (Phi) is 4.16. The second-order valence-corrected chi connectivity index (χ2v) is 8.60. The van der Waals surface area contributed by atoms with Gasteiger partial charge in [-0.2, -0.15) is 0 Å². The molecule has 0 bridgehead atoms. The van der Waals surface area contributed by atoms with Crippen LogP contribution in [0.25, 0.3) is 11.5 Å². The number of hydrogen-bond donors (Lipinski definition) is 1. The van der Waals surface area contributed by atoms with Crippen molar-refractivity contribution in [3.05, 3.63) is 28.9 Å². The first-order chi connectivity index (χ1) is 9.01. The van der Waals surface area contributed by atoms with Crippen LogP contribution in [0.1, 0.15) is 13.8 Å². The standard InChI is InChI=1S/C13H16BrN2O2P/c1-3-19(17,4-2)10-7-8-18-13(10)12-9(14)5-6-11(15)16-12/h5-8H,3-4H2,1-2H3,(H2,15,16). The summed E-state index contributed by atoms with van der Waals surface area (Å²) in [6.07, 6.45) is 2.77. The lowest BCUT2D eigenvalue weighted by Gasteiger charge is -2.14. The van der Waals surface area contributed by atoms with Crippen LogP contribution in [0.15, 0.2) is 33.4 Å². The molecule has 2 aromatic heterocycles. The van der Waals surface area contributed by atoms with Crippen molar-refractivity contribution in [3.63, 3.8) is 0 Å². The first-order valence-electron chi connectivity index (χ1n) is 6.10. The van der Waals surface area contributed by atoms with Crippen molar-refractivity contribution in [2.75, 3.05) is 18.1 Å². The number of halogens is 1. The van der Waals surface area contributed by atoms with E-state index in [0.29, 0.717) is 29.6 Å². The van der Waals surface area contributed by atoms with E-state index in [1.54, 1.807) is 18.4 Å². The van der Waals surface area contributed by atoms with Crippen LogP contribution in [0.2, 0.25) is 0 Å². The summed E-state index contributed by atoms with van der Waals surface area (Å²) < 4.78 is 19.2. The van der Waals surface area contributed by atoms with Gasteiger partial charge >= 0.3 is 0 Å². The van der Waals surface area contributed by atoms with Crippen molar-refractivity contribution in [2.24, 2.45) is 0 Å². The van der Waals surface area contributed by atoms with E-state index in [2.05, 4.69) is 20.9 Å². The van der Waals surface area contributed by atoms with Crippen molar-refractivity contribution in [3.8, 4) is 11.5 Å². The van der Waals surface area contributed by atoms with E-state index in [0.717, 1.165) is 9.78 Å². The Hall–Kier alpha value is -1.06. The summed E-state index contributed by atoms with van der Waals surface area (Å²) in [5.74, 6) is 0.953. The molecule has 102 valence electrons. The fraction of sp³-hybridized carbons (Fsp3) is 0.308. The van der Waals surface area contributed by atoms with Crippen LogP contribution >= 0.6 is 23.1 Å². The summed E-state index contributed by atoms with van der Waals surface area (Å²) >= 11 is 3.43. The number of aromatic nitrogens is 1. The molecule has 4 nitrogen and oxygen atoms in total. The van der Waals surface area contributed by atoms with Crippen LogP contribution in [-0.2, 0) is 4.57 Å². The van der Waals surface area contributed by atoms with Crippen molar-refractivity contribution in [2.45, 2.75) is 13.8 Å². The molecule has 0 atom stereocenters. The third-order valence-corrected chi connectivity index (χ3v) is 7.10. The van der Waals surface area contributed by atoms with Crippen molar-refractivity contribution in [1.82, 2.24) is 4.98 Å². The molecule has 0 amide bonds. The average Bonchev–Trinajstić information content (AvgIpc) is 2.90. The molecule has 0 saturated carbocycles. The smallest absolute Gasteiger partial charge is 0.164 e. The molecule has 6 heteroatoms. The Morgan fingerprint density at radius 1 is 1.32 bits per heavy atom. The molecule has 0 aliphatic heterocycles. The van der Waals surface area contributed by atoms with Crippen LogP contribution in [-0.4, -0.2) is 17.3 Å². The number of anilines is 1. The summed E-state index contributed by atoms with van der Waals surface area (Å²) in [7, 11) is -2.42. The third kappa shape index (κ3) is 2.63. The van der Waals surface area contributed by atoms with E-state index < -0.39 is 7.14 Å². The number of nitrogen functional groups attached to an aromatic ring is 1. The van der Waals surface area contributed by atoms with Gasteiger partial charge in [0.05, 0.1) is 11.6 Å². The van der Waals surface area contributed by atoms with Gasteiger partial charge in [0.25, 0.3) is 0 Å². The second kappa shape index (κ2) is 5.51. The minimum Gasteiger partial charge on any atom is -0.462 e. The van der Waals surface area contributed by atoms with Crippen molar-refractivity contribution in [1.29, 1.82) is 0 Å². The number of nitrogens with zero attached hydrogens (tertiary/aromatic N) is 1. The van der Waals surface area contributed by atoms with Crippen LogP contribution in [0, 0.1) is 0 Å². The molecule has 0 aliphatic rings. The van der Waals surface area contributed by atoms with Gasteiger partial charge in [0.15, 0.2) is 5.76 Å². The van der Waals surface area contributed by atoms with Crippen LogP contribution < -0.4 is 11.0 Å². The molecule has 0 aromatic carbocycles. The van der Waals surface area contributed by atoms with Crippen LogP contribution in [0.5, 0.6) is 0 Å². The van der Waals surface area contributed by atoms with E-state index >= 15 is 0 Å². The van der Waals surface area contributed by atoms with Crippen LogP contribution in [0.3, 0.4) is 0 Å². The molecule has 2 heterocycles. The van der Waals surface area contributed by atoms with Crippen molar-refractivity contribution < 1.29 is 8.98 Å². The molecule has 0 fully saturated rings. The molecule has 2 rings (SSSR count). The maximum Gasteiger partial charge on any atom is 0.164 e. The average molecular weight is 343 g/mol. The molecule has 0 spiro atoms. The predicted molar refractivity (Wildman–Crippen MR) is 82.4 cm³/mol. The van der Waals surface area contributed by atoms with Gasteiger partial charge in [0.2, 0.25) is 0 Å². The Morgan fingerprint density at radius 2 is 2.00 bits per heavy atom. The highest BCUT2D eigenvalue weighted by Crippen LogP contribution is 2.46. The highest BCUT2D eigenvalue weighted by molar-refractivity contribution is 9.10. The molecule has 0 saturated heterocycles. The topological polar surface area (TPSA) is 69.1 Å². The molecule has 2 aromatic rings. The number of rotatable bonds is 4. The zero-order valence-electron chi connectivity index (χ0n) is 10.9. The van der Waals surface area contributed by atoms with Gasteiger partial charge in [-0.1, -0.05) is 13.8 Å². The first-order valence-corrected chi connectivity index (χ1v) is 8.97. The fourth-order valence-corrected chi connectivity index (χ4v) is 4.37. The van der Waals surface area contributed by atoms with Gasteiger partial charge < -0.3 is 14.7 Å². The van der Waals surface area contributed by atoms with E-state index in [1.165, 1.54) is 0 Å². The van der Waals surface area contributed by atoms with E-state index in [1.807, 2.05) is 19.9 Å². The maximum absolute atomic E-state index is 12.9. The Balaban J connectivity index is 2.63. The summed E-state index contributed by atoms with van der Waals surface area (Å²) in [4.78, 5) is 4.27. The lowest BCUT2D eigenvalue weighted by Crippen LogP contribution is -2.10. The normalized spacial score (nSPS) is 11.7. The molecular formula is C13H16BrN2O2P. The maximum atomic E-state index is 12.9. The van der Waals surface area contributed by atoms with E-state index in [-0.39, 0.29) is 0 Å². The highest BCUT2D eigenvalue weighted by Gasteiger charge is 2.27. The Bertz CT molecular complexity index is 631. The van der Waals surface area contributed by atoms with E-state index in [4.69, 9.17) is 10.2 Å². The lowest BCUT2D eigenvalue weighted by atomic mass is 10.3. The van der Waals surface area contributed by atoms with Gasteiger partial charge in [-0.25, -0.2) is 4.98 Å². The number of pyridine rings is 1. The lowest BCUT2D eigenvalue weighted by molar-refractivity contribution is 0.576. The second-order valence-electron chi connectivity index (χ2n) is 4.22. The largest absolute Gasteiger partial charge is 0.462 e. The van der Waals surface area contributed by atoms with Gasteiger partial charge in [0, 0.05) is 16.8 Å². The molecule has 0 aliphatic carbocycles. The summed E-state index contributed by atoms with van der Waals surface area (Å²) in [6, 6.07) is 5.29. The summed E-state index contributed by atoms with van der Waals surface area (Å²) in [6.45, 7) is 3.87. The van der Waals surface area contributed by atoms with Crippen molar-refractivity contribution >= 4 is 34.2 Å². The van der Waals surface area contributed by atoms with Gasteiger partial charge in [-0.3, -0.25) is 0 Å². The molecule has 2 N–H and O–H groups in total. The van der Waals surface area contributed by atoms with Gasteiger partial charge in [-0.05, 0) is 34.1 Å². The number of hydrogen-bond acceptors (Lipinski definition) is 4. The van der Waals surface area contributed by atoms with Gasteiger partial charge in [-0.15, -0.1) is 0 Å². The van der Waals surface area contributed by atoms with Gasteiger partial charge in [0.1, 0.15) is 18.7 Å². The molecular weight excluding hydrogens is 327 g/mol. The highest BCUT2D eigenvalue weighted by atomic mass is 79.9. The third-order valence-electron chi connectivity index (χ3n) is 3.19. The quantitative estimate of drug-likeness (QED) is 0.859. The summed E-state index contributed by atoms with van der Waals surface area (Å²) in [5, 5.41) is 0.747. The molecule has 0 radical (unpaired) electrons. The SMILES string of the molecule is CCP(=O)(CC)c1ccoc1-c1nc(N)ccc1Br. The predicted octanol–water partition coefficient (Wildman–Crippen LogP) is 3.71. The fourth-order valence-electron chi connectivity index (χ4n) is 1.98. The molecule has 19 heavy (non-hydrogen) atoms. The number of furan rings is 1. The monoisotopic (exact) mass is 342 g/mol. The Morgan fingerprint density at radius 3 is 2.63 bits per heavy atom. The Labute approximate surface area is 120 Å². The van der Waals surface area contributed by atoms with E-state index in [9.17, 15) is 4.57 Å². The minimum atomic E-state index is -2.42.